The van der Waals surface area contributed by atoms with E-state index in [4.69, 9.17) is 16.7 Å². The molecule has 4 nitrogen and oxygen atoms in total. The highest BCUT2D eigenvalue weighted by Crippen LogP contribution is 2.23. The van der Waals surface area contributed by atoms with Crippen molar-refractivity contribution in [2.75, 3.05) is 11.9 Å². The van der Waals surface area contributed by atoms with Crippen LogP contribution in [0.4, 0.5) is 5.82 Å². The fraction of sp³-hybridized carbons (Fsp3) is 0.200. The molecule has 0 aliphatic carbocycles. The molecule has 0 saturated carbocycles. The number of anilines is 1. The quantitative estimate of drug-likeness (QED) is 0.886. The molecule has 104 valence electrons. The molecule has 0 saturated heterocycles. The molecule has 1 aromatic carbocycles. The molecule has 0 atom stereocenters. The van der Waals surface area contributed by atoms with Gasteiger partial charge in [0.2, 0.25) is 0 Å². The van der Waals surface area contributed by atoms with Crippen LogP contribution in [0.1, 0.15) is 21.5 Å². The Hall–Kier alpha value is -2.07. The molecule has 0 bridgehead atoms. The Kier molecular flexibility index (Phi) is 4.58. The number of halogens is 1. The number of carbonyl (C=O) groups is 1. The Bertz CT molecular complexity index is 629. The summed E-state index contributed by atoms with van der Waals surface area (Å²) in [5, 5.41) is 12.2. The number of pyridine rings is 1. The van der Waals surface area contributed by atoms with Crippen LogP contribution in [0.15, 0.2) is 36.5 Å². The van der Waals surface area contributed by atoms with Crippen LogP contribution < -0.4 is 5.32 Å². The topological polar surface area (TPSA) is 62.2 Å². The zero-order valence-corrected chi connectivity index (χ0v) is 11.8. The first-order valence-corrected chi connectivity index (χ1v) is 6.63. The Labute approximate surface area is 122 Å². The van der Waals surface area contributed by atoms with Gasteiger partial charge < -0.3 is 10.4 Å². The summed E-state index contributed by atoms with van der Waals surface area (Å²) in [5.41, 5.74) is 2.53. The number of aromatic carboxylic acids is 1. The first-order valence-electron chi connectivity index (χ1n) is 6.25. The van der Waals surface area contributed by atoms with Crippen LogP contribution in [-0.4, -0.2) is 22.6 Å². The number of nitrogens with zero attached hydrogens (tertiary/aromatic N) is 1. The number of benzene rings is 1. The second-order valence-electron chi connectivity index (χ2n) is 4.43. The van der Waals surface area contributed by atoms with Gasteiger partial charge in [-0.1, -0.05) is 35.9 Å². The molecule has 20 heavy (non-hydrogen) atoms. The third kappa shape index (κ3) is 3.27. The molecule has 0 amide bonds. The summed E-state index contributed by atoms with van der Waals surface area (Å²) in [6.07, 6.45) is 2.26. The minimum atomic E-state index is -1.06. The molecule has 2 aromatic rings. The zero-order chi connectivity index (χ0) is 14.5. The average Bonchev–Trinajstić information content (AvgIpc) is 2.42. The van der Waals surface area contributed by atoms with Crippen molar-refractivity contribution in [1.29, 1.82) is 0 Å². The van der Waals surface area contributed by atoms with Gasteiger partial charge in [-0.25, -0.2) is 9.78 Å². The van der Waals surface area contributed by atoms with E-state index in [1.54, 1.807) is 0 Å². The van der Waals surface area contributed by atoms with Gasteiger partial charge in [0.25, 0.3) is 0 Å². The van der Waals surface area contributed by atoms with Gasteiger partial charge in [0.1, 0.15) is 5.82 Å². The van der Waals surface area contributed by atoms with E-state index in [1.165, 1.54) is 23.4 Å². The molecule has 0 spiro atoms. The molecule has 0 radical (unpaired) electrons. The number of carboxylic acids is 1. The monoisotopic (exact) mass is 290 g/mol. The van der Waals surface area contributed by atoms with Crippen molar-refractivity contribution >= 4 is 23.4 Å². The first kappa shape index (κ1) is 14.3. The zero-order valence-electron chi connectivity index (χ0n) is 11.1. The van der Waals surface area contributed by atoms with Crippen LogP contribution in [0.2, 0.25) is 5.02 Å². The van der Waals surface area contributed by atoms with Crippen LogP contribution >= 0.6 is 11.6 Å². The molecular formula is C15H15ClN2O2. The molecule has 2 N–H and O–H groups in total. The van der Waals surface area contributed by atoms with Gasteiger partial charge in [-0.05, 0) is 30.5 Å². The van der Waals surface area contributed by atoms with E-state index < -0.39 is 5.97 Å². The van der Waals surface area contributed by atoms with Gasteiger partial charge in [-0.3, -0.25) is 0 Å². The third-order valence-corrected chi connectivity index (χ3v) is 3.45. The lowest BCUT2D eigenvalue weighted by atomic mass is 10.1. The van der Waals surface area contributed by atoms with E-state index in [0.29, 0.717) is 12.4 Å². The number of carboxylic acid groups (broad SMARTS) is 1. The maximum Gasteiger partial charge on any atom is 0.337 e. The molecule has 1 heterocycles. The van der Waals surface area contributed by atoms with E-state index in [1.807, 2.05) is 12.1 Å². The SMILES string of the molecule is Cc1ccccc1CCNc1nccc(C(=O)O)c1Cl. The maximum absolute atomic E-state index is 11.0. The van der Waals surface area contributed by atoms with Gasteiger partial charge in [-0.15, -0.1) is 0 Å². The number of hydrogen-bond acceptors (Lipinski definition) is 3. The summed E-state index contributed by atoms with van der Waals surface area (Å²) in [7, 11) is 0. The third-order valence-electron chi connectivity index (χ3n) is 3.07. The summed E-state index contributed by atoms with van der Waals surface area (Å²) in [6.45, 7) is 2.70. The van der Waals surface area contributed by atoms with E-state index >= 15 is 0 Å². The number of rotatable bonds is 5. The Morgan fingerprint density at radius 3 is 2.80 bits per heavy atom. The molecule has 0 unspecified atom stereocenters. The molecule has 0 fully saturated rings. The number of nitrogens with one attached hydrogen (secondary N) is 1. The van der Waals surface area contributed by atoms with Crippen LogP contribution in [0.3, 0.4) is 0 Å². The van der Waals surface area contributed by atoms with Crippen LogP contribution in [0.25, 0.3) is 0 Å². The fourth-order valence-corrected chi connectivity index (χ4v) is 2.20. The average molecular weight is 291 g/mol. The Morgan fingerprint density at radius 2 is 2.10 bits per heavy atom. The van der Waals surface area contributed by atoms with Crippen LogP contribution in [0.5, 0.6) is 0 Å². The largest absolute Gasteiger partial charge is 0.478 e. The summed E-state index contributed by atoms with van der Waals surface area (Å²) in [6, 6.07) is 9.52. The van der Waals surface area contributed by atoms with Gasteiger partial charge in [-0.2, -0.15) is 0 Å². The van der Waals surface area contributed by atoms with Crippen LogP contribution in [0, 0.1) is 6.92 Å². The van der Waals surface area contributed by atoms with Crippen molar-refractivity contribution in [3.63, 3.8) is 0 Å². The Morgan fingerprint density at radius 1 is 1.35 bits per heavy atom. The minimum Gasteiger partial charge on any atom is -0.478 e. The van der Waals surface area contributed by atoms with Crippen LogP contribution in [-0.2, 0) is 6.42 Å². The van der Waals surface area contributed by atoms with Crippen molar-refractivity contribution in [2.24, 2.45) is 0 Å². The number of aromatic nitrogens is 1. The molecule has 0 aliphatic heterocycles. The highest BCUT2D eigenvalue weighted by molar-refractivity contribution is 6.35. The minimum absolute atomic E-state index is 0.0556. The van der Waals surface area contributed by atoms with Gasteiger partial charge in [0, 0.05) is 12.7 Å². The van der Waals surface area contributed by atoms with Crippen molar-refractivity contribution in [3.05, 3.63) is 58.2 Å². The van der Waals surface area contributed by atoms with Crippen molar-refractivity contribution < 1.29 is 9.90 Å². The van der Waals surface area contributed by atoms with Crippen molar-refractivity contribution in [2.45, 2.75) is 13.3 Å². The highest BCUT2D eigenvalue weighted by atomic mass is 35.5. The molecule has 5 heteroatoms. The Balaban J connectivity index is 2.03. The standard InChI is InChI=1S/C15H15ClN2O2/c1-10-4-2-3-5-11(10)6-8-17-14-13(16)12(15(19)20)7-9-18-14/h2-5,7,9H,6,8H2,1H3,(H,17,18)(H,19,20). The molecule has 2 rings (SSSR count). The lowest BCUT2D eigenvalue weighted by molar-refractivity contribution is 0.0697. The smallest absolute Gasteiger partial charge is 0.337 e. The fourth-order valence-electron chi connectivity index (χ4n) is 1.94. The van der Waals surface area contributed by atoms with E-state index in [2.05, 4.69) is 29.4 Å². The second-order valence-corrected chi connectivity index (χ2v) is 4.81. The van der Waals surface area contributed by atoms with Crippen molar-refractivity contribution in [3.8, 4) is 0 Å². The number of aryl methyl sites for hydroxylation is 1. The van der Waals surface area contributed by atoms with Gasteiger partial charge in [0.05, 0.1) is 10.6 Å². The number of hydrogen-bond donors (Lipinski definition) is 2. The maximum atomic E-state index is 11.0. The van der Waals surface area contributed by atoms with Gasteiger partial charge >= 0.3 is 5.97 Å². The highest BCUT2D eigenvalue weighted by Gasteiger charge is 2.12. The lowest BCUT2D eigenvalue weighted by Gasteiger charge is -2.10. The predicted molar refractivity (Wildman–Crippen MR) is 79.6 cm³/mol. The lowest BCUT2D eigenvalue weighted by Crippen LogP contribution is -2.09. The summed E-state index contributed by atoms with van der Waals surface area (Å²) in [4.78, 5) is 15.0. The normalized spacial score (nSPS) is 10.3. The summed E-state index contributed by atoms with van der Waals surface area (Å²) < 4.78 is 0. The van der Waals surface area contributed by atoms with E-state index in [0.717, 1.165) is 6.42 Å². The molecule has 0 aliphatic rings. The predicted octanol–water partition coefficient (Wildman–Crippen LogP) is 3.40. The second kappa shape index (κ2) is 6.39. The van der Waals surface area contributed by atoms with Crippen molar-refractivity contribution in [1.82, 2.24) is 4.98 Å². The van der Waals surface area contributed by atoms with Gasteiger partial charge in [0.15, 0.2) is 0 Å². The summed E-state index contributed by atoms with van der Waals surface area (Å²) in [5.74, 6) is -0.653. The first-order chi connectivity index (χ1) is 9.59. The molecular weight excluding hydrogens is 276 g/mol. The summed E-state index contributed by atoms with van der Waals surface area (Å²) >= 11 is 6.01. The van der Waals surface area contributed by atoms with E-state index in [9.17, 15) is 4.79 Å². The van der Waals surface area contributed by atoms with E-state index in [-0.39, 0.29) is 10.6 Å². The molecule has 1 aromatic heterocycles.